The zero-order chi connectivity index (χ0) is 9.68. The van der Waals surface area contributed by atoms with Gasteiger partial charge in [0.2, 0.25) is 0 Å². The highest BCUT2D eigenvalue weighted by Gasteiger charge is 2.08. The molecule has 1 atom stereocenters. The molecule has 0 radical (unpaired) electrons. The van der Waals surface area contributed by atoms with Crippen molar-refractivity contribution in [2.45, 2.75) is 12.5 Å². The molecule has 0 heterocycles. The largest absolute Gasteiger partial charge is 0.387 e. The molecule has 0 saturated carbocycles. The van der Waals surface area contributed by atoms with Gasteiger partial charge in [-0.15, -0.1) is 12.3 Å². The molecule has 1 aromatic rings. The fourth-order valence-corrected chi connectivity index (χ4v) is 1.08. The summed E-state index contributed by atoms with van der Waals surface area (Å²) >= 11 is 0. The standard InChI is InChI=1S/C12H12O/c1-3-7-12(13)10(2)11-8-5-4-6-9-11/h1,4-6,8-9,12-13H,2,7H2. The molecule has 0 aliphatic heterocycles. The van der Waals surface area contributed by atoms with Gasteiger partial charge in [0, 0.05) is 6.42 Å². The van der Waals surface area contributed by atoms with Crippen LogP contribution in [0.2, 0.25) is 0 Å². The Morgan fingerprint density at radius 3 is 2.62 bits per heavy atom. The van der Waals surface area contributed by atoms with Crippen molar-refractivity contribution < 1.29 is 5.11 Å². The van der Waals surface area contributed by atoms with Crippen LogP contribution in [0.4, 0.5) is 0 Å². The van der Waals surface area contributed by atoms with Crippen LogP contribution in [-0.4, -0.2) is 11.2 Å². The van der Waals surface area contributed by atoms with Gasteiger partial charge in [-0.3, -0.25) is 0 Å². The summed E-state index contributed by atoms with van der Waals surface area (Å²) in [6.07, 6.45) is 4.78. The van der Waals surface area contributed by atoms with Crippen molar-refractivity contribution in [2.24, 2.45) is 0 Å². The summed E-state index contributed by atoms with van der Waals surface area (Å²) in [4.78, 5) is 0. The monoisotopic (exact) mass is 172 g/mol. The minimum absolute atomic E-state index is 0.313. The van der Waals surface area contributed by atoms with Gasteiger partial charge >= 0.3 is 0 Å². The van der Waals surface area contributed by atoms with E-state index in [1.54, 1.807) is 0 Å². The highest BCUT2D eigenvalue weighted by atomic mass is 16.3. The lowest BCUT2D eigenvalue weighted by Gasteiger charge is -2.10. The third kappa shape index (κ3) is 2.47. The van der Waals surface area contributed by atoms with Crippen LogP contribution in [0.5, 0.6) is 0 Å². The van der Waals surface area contributed by atoms with Crippen molar-refractivity contribution >= 4 is 5.57 Å². The van der Waals surface area contributed by atoms with E-state index in [0.717, 1.165) is 5.56 Å². The van der Waals surface area contributed by atoms with Crippen molar-refractivity contribution in [1.82, 2.24) is 0 Å². The molecular formula is C12H12O. The normalized spacial score (nSPS) is 11.7. The van der Waals surface area contributed by atoms with Crippen LogP contribution in [0.15, 0.2) is 36.9 Å². The maximum atomic E-state index is 9.53. The van der Waals surface area contributed by atoms with Crippen molar-refractivity contribution in [3.8, 4) is 12.3 Å². The quantitative estimate of drug-likeness (QED) is 0.692. The van der Waals surface area contributed by atoms with Crippen molar-refractivity contribution in [3.05, 3.63) is 42.5 Å². The van der Waals surface area contributed by atoms with Gasteiger partial charge in [0.1, 0.15) is 0 Å². The number of hydrogen-bond donors (Lipinski definition) is 1. The smallest absolute Gasteiger partial charge is 0.0899 e. The fourth-order valence-electron chi connectivity index (χ4n) is 1.08. The van der Waals surface area contributed by atoms with Crippen molar-refractivity contribution in [2.75, 3.05) is 0 Å². The predicted octanol–water partition coefficient (Wildman–Crippen LogP) is 2.08. The first-order valence-corrected chi connectivity index (χ1v) is 4.11. The van der Waals surface area contributed by atoms with Crippen LogP contribution < -0.4 is 0 Å². The first kappa shape index (κ1) is 9.57. The van der Waals surface area contributed by atoms with Crippen molar-refractivity contribution in [1.29, 1.82) is 0 Å². The first-order chi connectivity index (χ1) is 6.25. The van der Waals surface area contributed by atoms with E-state index < -0.39 is 6.10 Å². The Hall–Kier alpha value is -1.52. The summed E-state index contributed by atoms with van der Waals surface area (Å²) in [5, 5.41) is 9.53. The zero-order valence-electron chi connectivity index (χ0n) is 7.40. The summed E-state index contributed by atoms with van der Waals surface area (Å²) in [6, 6.07) is 9.54. The van der Waals surface area contributed by atoms with Crippen LogP contribution in [0.3, 0.4) is 0 Å². The molecule has 0 fully saturated rings. The third-order valence-corrected chi connectivity index (χ3v) is 1.86. The molecule has 0 saturated heterocycles. The maximum Gasteiger partial charge on any atom is 0.0899 e. The average molecular weight is 172 g/mol. The molecule has 1 aromatic carbocycles. The SMILES string of the molecule is C#CCC(O)C(=C)c1ccccc1. The molecule has 1 rings (SSSR count). The van der Waals surface area contributed by atoms with Gasteiger partial charge in [-0.25, -0.2) is 0 Å². The Kier molecular flexibility index (Phi) is 3.31. The van der Waals surface area contributed by atoms with E-state index >= 15 is 0 Å². The highest BCUT2D eigenvalue weighted by molar-refractivity contribution is 5.66. The summed E-state index contributed by atoms with van der Waals surface area (Å²) in [7, 11) is 0. The van der Waals surface area contributed by atoms with E-state index in [1.165, 1.54) is 0 Å². The van der Waals surface area contributed by atoms with Crippen LogP contribution in [0, 0.1) is 12.3 Å². The minimum Gasteiger partial charge on any atom is -0.387 e. The second-order valence-corrected chi connectivity index (χ2v) is 2.82. The molecule has 1 N–H and O–H groups in total. The highest BCUT2D eigenvalue weighted by Crippen LogP contribution is 2.17. The van der Waals surface area contributed by atoms with Crippen LogP contribution in [0.1, 0.15) is 12.0 Å². The van der Waals surface area contributed by atoms with Gasteiger partial charge in [-0.1, -0.05) is 36.9 Å². The topological polar surface area (TPSA) is 20.2 Å². The van der Waals surface area contributed by atoms with E-state index in [0.29, 0.717) is 12.0 Å². The van der Waals surface area contributed by atoms with Gasteiger partial charge < -0.3 is 5.11 Å². The van der Waals surface area contributed by atoms with Crippen LogP contribution >= 0.6 is 0 Å². The van der Waals surface area contributed by atoms with Crippen LogP contribution in [-0.2, 0) is 0 Å². The molecule has 0 amide bonds. The fraction of sp³-hybridized carbons (Fsp3) is 0.167. The first-order valence-electron chi connectivity index (χ1n) is 4.11. The molecule has 1 nitrogen and oxygen atoms in total. The Bertz CT molecular complexity index is 319. The summed E-state index contributed by atoms with van der Waals surface area (Å²) < 4.78 is 0. The molecule has 13 heavy (non-hydrogen) atoms. The molecule has 0 bridgehead atoms. The zero-order valence-corrected chi connectivity index (χ0v) is 7.40. The van der Waals surface area contributed by atoms with Gasteiger partial charge in [-0.2, -0.15) is 0 Å². The number of benzene rings is 1. The predicted molar refractivity (Wildman–Crippen MR) is 54.9 cm³/mol. The number of rotatable bonds is 3. The lowest BCUT2D eigenvalue weighted by molar-refractivity contribution is 0.239. The molecule has 0 aliphatic carbocycles. The lowest BCUT2D eigenvalue weighted by Crippen LogP contribution is -2.06. The Morgan fingerprint density at radius 1 is 1.46 bits per heavy atom. The van der Waals surface area contributed by atoms with Gasteiger partial charge in [0.15, 0.2) is 0 Å². The number of hydrogen-bond acceptors (Lipinski definition) is 1. The third-order valence-electron chi connectivity index (χ3n) is 1.86. The number of aliphatic hydroxyl groups excluding tert-OH is 1. The number of aliphatic hydroxyl groups is 1. The van der Waals surface area contributed by atoms with E-state index in [4.69, 9.17) is 6.42 Å². The molecule has 0 aliphatic rings. The molecular weight excluding hydrogens is 160 g/mol. The number of terminal acetylenes is 1. The van der Waals surface area contributed by atoms with Gasteiger partial charge in [-0.05, 0) is 11.1 Å². The molecule has 1 heteroatoms. The maximum absolute atomic E-state index is 9.53. The minimum atomic E-state index is -0.632. The second kappa shape index (κ2) is 4.49. The molecule has 0 spiro atoms. The molecule has 66 valence electrons. The molecule has 0 aromatic heterocycles. The van der Waals surface area contributed by atoms with Crippen LogP contribution in [0.25, 0.3) is 5.57 Å². The molecule has 1 unspecified atom stereocenters. The summed E-state index contributed by atoms with van der Waals surface area (Å²) in [6.45, 7) is 3.80. The Morgan fingerprint density at radius 2 is 2.08 bits per heavy atom. The lowest BCUT2D eigenvalue weighted by atomic mass is 10.0. The Labute approximate surface area is 78.7 Å². The summed E-state index contributed by atoms with van der Waals surface area (Å²) in [5.41, 5.74) is 1.61. The summed E-state index contributed by atoms with van der Waals surface area (Å²) in [5.74, 6) is 2.41. The van der Waals surface area contributed by atoms with Crippen molar-refractivity contribution in [3.63, 3.8) is 0 Å². The van der Waals surface area contributed by atoms with E-state index in [1.807, 2.05) is 30.3 Å². The van der Waals surface area contributed by atoms with Gasteiger partial charge in [0.25, 0.3) is 0 Å². The average Bonchev–Trinajstić information content (AvgIpc) is 2.18. The van der Waals surface area contributed by atoms with E-state index in [-0.39, 0.29) is 0 Å². The Balaban J connectivity index is 2.75. The van der Waals surface area contributed by atoms with Gasteiger partial charge in [0.05, 0.1) is 6.10 Å². The second-order valence-electron chi connectivity index (χ2n) is 2.82. The van der Waals surface area contributed by atoms with E-state index in [9.17, 15) is 5.11 Å². The van der Waals surface area contributed by atoms with E-state index in [2.05, 4.69) is 12.5 Å².